The average molecular weight is 512 g/mol. The number of Topliss-reactive ketones (excluding diaryl/α,β-unsaturated/α-hetero) is 1. The van der Waals surface area contributed by atoms with Gasteiger partial charge in [-0.15, -0.1) is 0 Å². The van der Waals surface area contributed by atoms with Gasteiger partial charge in [0.25, 0.3) is 11.7 Å². The van der Waals surface area contributed by atoms with Gasteiger partial charge in [-0.3, -0.25) is 14.5 Å². The lowest BCUT2D eigenvalue weighted by Crippen LogP contribution is -2.29. The minimum absolute atomic E-state index is 0.105. The zero-order chi connectivity index (χ0) is 25.7. The first kappa shape index (κ1) is 25.0. The maximum Gasteiger partial charge on any atom is 0.300 e. The van der Waals surface area contributed by atoms with Crippen molar-refractivity contribution >= 4 is 46.3 Å². The number of carbonyl (C=O) groups is 2. The molecular formula is C28H24Cl2FNO3. The second-order valence-electron chi connectivity index (χ2n) is 9.60. The minimum atomic E-state index is -1.04. The molecule has 4 rings (SSSR count). The number of hydrogen-bond acceptors (Lipinski definition) is 3. The molecule has 1 atom stereocenters. The molecule has 1 aliphatic rings. The summed E-state index contributed by atoms with van der Waals surface area (Å²) in [5.41, 5.74) is 2.46. The summed E-state index contributed by atoms with van der Waals surface area (Å²) in [7, 11) is 0. The van der Waals surface area contributed by atoms with Gasteiger partial charge < -0.3 is 5.11 Å². The third-order valence-corrected chi connectivity index (χ3v) is 6.89. The fourth-order valence-electron chi connectivity index (χ4n) is 4.21. The van der Waals surface area contributed by atoms with Crippen LogP contribution in [-0.4, -0.2) is 16.8 Å². The zero-order valence-electron chi connectivity index (χ0n) is 19.7. The van der Waals surface area contributed by atoms with E-state index >= 15 is 0 Å². The first-order chi connectivity index (χ1) is 16.4. The van der Waals surface area contributed by atoms with Crippen molar-refractivity contribution < 1.29 is 19.1 Å². The van der Waals surface area contributed by atoms with Crippen molar-refractivity contribution in [2.45, 2.75) is 39.2 Å². The van der Waals surface area contributed by atoms with Crippen molar-refractivity contribution in [2.24, 2.45) is 0 Å². The van der Waals surface area contributed by atoms with E-state index in [4.69, 9.17) is 23.2 Å². The van der Waals surface area contributed by atoms with Gasteiger partial charge in [0.15, 0.2) is 0 Å². The first-order valence-electron chi connectivity index (χ1n) is 11.0. The summed E-state index contributed by atoms with van der Waals surface area (Å²) in [5, 5.41) is 12.0. The maximum absolute atomic E-state index is 14.1. The number of aliphatic hydroxyl groups excluding tert-OH is 1. The Balaban J connectivity index is 2.01. The number of aryl methyl sites for hydroxylation is 1. The number of benzene rings is 3. The average Bonchev–Trinajstić information content (AvgIpc) is 3.05. The summed E-state index contributed by atoms with van der Waals surface area (Å²) in [6, 6.07) is 14.7. The van der Waals surface area contributed by atoms with Crippen LogP contribution in [-0.2, 0) is 15.0 Å². The van der Waals surface area contributed by atoms with Crippen molar-refractivity contribution in [3.8, 4) is 0 Å². The highest BCUT2D eigenvalue weighted by Crippen LogP contribution is 2.44. The largest absolute Gasteiger partial charge is 0.507 e. The Kier molecular flexibility index (Phi) is 6.52. The van der Waals surface area contributed by atoms with Crippen LogP contribution in [0.2, 0.25) is 10.0 Å². The number of anilines is 1. The SMILES string of the molecule is Cc1ccc(C(C)(C)C)cc1/C(O)=C1\C(=O)C(=O)N(c2cccc(F)c2)C1c1ccc(Cl)c(Cl)c1. The number of hydrogen-bond donors (Lipinski definition) is 1. The molecule has 0 spiro atoms. The van der Waals surface area contributed by atoms with Gasteiger partial charge in [-0.2, -0.15) is 0 Å². The van der Waals surface area contributed by atoms with Crippen molar-refractivity contribution in [3.05, 3.63) is 104 Å². The van der Waals surface area contributed by atoms with Crippen LogP contribution in [0.1, 0.15) is 49.1 Å². The Morgan fingerprint density at radius 3 is 2.31 bits per heavy atom. The molecule has 3 aromatic rings. The van der Waals surface area contributed by atoms with Crippen molar-refractivity contribution in [1.82, 2.24) is 0 Å². The van der Waals surface area contributed by atoms with Gasteiger partial charge in [0.2, 0.25) is 0 Å². The zero-order valence-corrected chi connectivity index (χ0v) is 21.2. The standard InChI is InChI=1S/C28H24Cl2FNO3/c1-15-8-10-17(28(2,3)4)13-20(15)25(33)23-24(16-9-11-21(29)22(30)12-16)32(27(35)26(23)34)19-7-5-6-18(31)14-19/h5-14,24,33H,1-4H3/b25-23+. The number of aliphatic hydroxyl groups is 1. The summed E-state index contributed by atoms with van der Waals surface area (Å²) in [6.45, 7) is 7.94. The molecule has 0 aromatic heterocycles. The highest BCUT2D eigenvalue weighted by molar-refractivity contribution is 6.52. The molecule has 35 heavy (non-hydrogen) atoms. The fourth-order valence-corrected chi connectivity index (χ4v) is 4.52. The molecule has 1 aliphatic heterocycles. The molecule has 180 valence electrons. The molecule has 0 saturated carbocycles. The number of halogens is 3. The van der Waals surface area contributed by atoms with Gasteiger partial charge in [0, 0.05) is 11.3 Å². The summed E-state index contributed by atoms with van der Waals surface area (Å²) >= 11 is 12.4. The molecule has 0 aliphatic carbocycles. The number of ketones is 1. The molecule has 1 fully saturated rings. The lowest BCUT2D eigenvalue weighted by Gasteiger charge is -2.26. The molecule has 3 aromatic carbocycles. The van der Waals surface area contributed by atoms with Crippen LogP contribution in [0, 0.1) is 12.7 Å². The predicted molar refractivity (Wildman–Crippen MR) is 138 cm³/mol. The second kappa shape index (κ2) is 9.14. The molecule has 1 N–H and O–H groups in total. The Hall–Kier alpha value is -3.15. The van der Waals surface area contributed by atoms with Gasteiger partial charge in [0.05, 0.1) is 21.7 Å². The summed E-state index contributed by atoms with van der Waals surface area (Å²) in [4.78, 5) is 27.8. The molecule has 1 unspecified atom stereocenters. The van der Waals surface area contributed by atoms with E-state index in [9.17, 15) is 19.1 Å². The topological polar surface area (TPSA) is 57.6 Å². The van der Waals surface area contributed by atoms with E-state index in [1.54, 1.807) is 18.2 Å². The van der Waals surface area contributed by atoms with Gasteiger partial charge in [-0.25, -0.2) is 4.39 Å². The molecule has 1 saturated heterocycles. The van der Waals surface area contributed by atoms with Crippen molar-refractivity contribution in [2.75, 3.05) is 4.90 Å². The predicted octanol–water partition coefficient (Wildman–Crippen LogP) is 7.36. The molecule has 0 bridgehead atoms. The monoisotopic (exact) mass is 511 g/mol. The molecule has 1 heterocycles. The summed E-state index contributed by atoms with van der Waals surface area (Å²) in [6.07, 6.45) is 0. The normalized spacial score (nSPS) is 17.8. The van der Waals surface area contributed by atoms with Crippen LogP contribution in [0.25, 0.3) is 5.76 Å². The van der Waals surface area contributed by atoms with Crippen LogP contribution in [0.3, 0.4) is 0 Å². The lowest BCUT2D eigenvalue weighted by atomic mass is 9.84. The molecular weight excluding hydrogens is 488 g/mol. The molecule has 0 radical (unpaired) electrons. The third kappa shape index (κ3) is 4.58. The molecule has 1 amide bonds. The van der Waals surface area contributed by atoms with Crippen LogP contribution in [0.4, 0.5) is 10.1 Å². The van der Waals surface area contributed by atoms with Gasteiger partial charge in [-0.1, -0.05) is 68.2 Å². The highest BCUT2D eigenvalue weighted by Gasteiger charge is 2.47. The van der Waals surface area contributed by atoms with E-state index in [0.29, 0.717) is 16.1 Å². The third-order valence-electron chi connectivity index (χ3n) is 6.15. The van der Waals surface area contributed by atoms with E-state index in [1.165, 1.54) is 29.2 Å². The Bertz CT molecular complexity index is 1390. The fraction of sp³-hybridized carbons (Fsp3) is 0.214. The number of rotatable bonds is 3. The van der Waals surface area contributed by atoms with Crippen molar-refractivity contribution in [1.29, 1.82) is 0 Å². The van der Waals surface area contributed by atoms with E-state index < -0.39 is 23.5 Å². The number of nitrogens with zero attached hydrogens (tertiary/aromatic N) is 1. The van der Waals surface area contributed by atoms with Crippen LogP contribution in [0.5, 0.6) is 0 Å². The number of carbonyl (C=O) groups excluding carboxylic acids is 2. The van der Waals surface area contributed by atoms with E-state index in [1.807, 2.05) is 45.9 Å². The lowest BCUT2D eigenvalue weighted by molar-refractivity contribution is -0.132. The van der Waals surface area contributed by atoms with Crippen LogP contribution < -0.4 is 4.90 Å². The quantitative estimate of drug-likeness (QED) is 0.227. The van der Waals surface area contributed by atoms with E-state index in [2.05, 4.69) is 0 Å². The van der Waals surface area contributed by atoms with Gasteiger partial charge >= 0.3 is 0 Å². The van der Waals surface area contributed by atoms with Crippen molar-refractivity contribution in [3.63, 3.8) is 0 Å². The molecule has 7 heteroatoms. The van der Waals surface area contributed by atoms with E-state index in [0.717, 1.165) is 11.1 Å². The maximum atomic E-state index is 14.1. The van der Waals surface area contributed by atoms with Crippen LogP contribution >= 0.6 is 23.2 Å². The smallest absolute Gasteiger partial charge is 0.300 e. The minimum Gasteiger partial charge on any atom is -0.507 e. The second-order valence-corrected chi connectivity index (χ2v) is 10.4. The Morgan fingerprint density at radius 2 is 1.69 bits per heavy atom. The van der Waals surface area contributed by atoms with E-state index in [-0.39, 0.29) is 27.5 Å². The summed E-state index contributed by atoms with van der Waals surface area (Å²) in [5.74, 6) is -2.62. The first-order valence-corrected chi connectivity index (χ1v) is 11.8. The highest BCUT2D eigenvalue weighted by atomic mass is 35.5. The number of amides is 1. The molecule has 4 nitrogen and oxygen atoms in total. The van der Waals surface area contributed by atoms with Gasteiger partial charge in [0.1, 0.15) is 11.6 Å². The van der Waals surface area contributed by atoms with Crippen LogP contribution in [0.15, 0.2) is 66.2 Å². The Labute approximate surface area is 213 Å². The van der Waals surface area contributed by atoms with Gasteiger partial charge in [-0.05, 0) is 65.4 Å². The summed E-state index contributed by atoms with van der Waals surface area (Å²) < 4.78 is 14.1. The Morgan fingerprint density at radius 1 is 0.971 bits per heavy atom.